The highest BCUT2D eigenvalue weighted by Crippen LogP contribution is 2.37. The number of tetrazole rings is 1. The minimum Gasteiger partial charge on any atom is -0.454 e. The van der Waals surface area contributed by atoms with E-state index in [-0.39, 0.29) is 23.9 Å². The molecule has 0 spiro atoms. The number of nitrogens with one attached hydrogen (secondary N) is 1. The van der Waals surface area contributed by atoms with Gasteiger partial charge in [0.1, 0.15) is 6.04 Å². The van der Waals surface area contributed by atoms with Crippen LogP contribution in [0.5, 0.6) is 11.5 Å². The normalized spacial score (nSPS) is 17.4. The Kier molecular flexibility index (Phi) is 5.95. The molecule has 0 saturated carbocycles. The Morgan fingerprint density at radius 1 is 1.05 bits per heavy atom. The molecule has 0 radical (unpaired) electrons. The molecule has 1 fully saturated rings. The van der Waals surface area contributed by atoms with Gasteiger partial charge in [-0.05, 0) is 87.2 Å². The maximum absolute atomic E-state index is 13.5. The number of rotatable bonds is 5. The predicted octanol–water partition coefficient (Wildman–Crippen LogP) is 4.04. The number of likely N-dealkylation sites (tertiary alicyclic amines) is 1. The van der Waals surface area contributed by atoms with Gasteiger partial charge in [0.2, 0.25) is 6.79 Å². The molecule has 1 saturated heterocycles. The number of benzene rings is 2. The summed E-state index contributed by atoms with van der Waals surface area (Å²) < 4.78 is 12.9. The number of piperidine rings is 1. The van der Waals surface area contributed by atoms with Crippen molar-refractivity contribution in [1.29, 1.82) is 0 Å². The largest absolute Gasteiger partial charge is 0.454 e. The third-order valence-electron chi connectivity index (χ3n) is 7.42. The Bertz CT molecular complexity index is 1470. The molecule has 6 rings (SSSR count). The van der Waals surface area contributed by atoms with Crippen LogP contribution in [-0.4, -0.2) is 50.0 Å². The van der Waals surface area contributed by atoms with E-state index >= 15 is 0 Å². The zero-order valence-corrected chi connectivity index (χ0v) is 21.5. The van der Waals surface area contributed by atoms with Crippen molar-refractivity contribution in [3.05, 3.63) is 75.8 Å². The first-order valence-electron chi connectivity index (χ1n) is 12.9. The van der Waals surface area contributed by atoms with E-state index in [0.29, 0.717) is 34.3 Å². The zero-order chi connectivity index (χ0) is 25.6. The lowest BCUT2D eigenvalue weighted by Crippen LogP contribution is -2.42. The molecular formula is C28H32N6O3. The van der Waals surface area contributed by atoms with Crippen molar-refractivity contribution in [2.24, 2.45) is 5.92 Å². The lowest BCUT2D eigenvalue weighted by molar-refractivity contribution is 0.138. The molecule has 0 amide bonds. The molecule has 1 N–H and O–H groups in total. The van der Waals surface area contributed by atoms with Crippen molar-refractivity contribution in [2.45, 2.75) is 51.6 Å². The van der Waals surface area contributed by atoms with Gasteiger partial charge in [-0.15, -0.1) is 5.10 Å². The summed E-state index contributed by atoms with van der Waals surface area (Å²) in [5.41, 5.74) is 2.24. The summed E-state index contributed by atoms with van der Waals surface area (Å²) >= 11 is 0. The van der Waals surface area contributed by atoms with Crippen LogP contribution < -0.4 is 15.0 Å². The van der Waals surface area contributed by atoms with Crippen LogP contribution in [0.3, 0.4) is 0 Å². The second-order valence-corrected chi connectivity index (χ2v) is 11.0. The Balaban J connectivity index is 1.37. The monoisotopic (exact) mass is 500 g/mol. The molecule has 0 bridgehead atoms. The summed E-state index contributed by atoms with van der Waals surface area (Å²) in [6.45, 7) is 8.11. The highest BCUT2D eigenvalue weighted by Gasteiger charge is 2.35. The molecule has 2 aliphatic heterocycles. The maximum Gasteiger partial charge on any atom is 0.253 e. The first-order chi connectivity index (χ1) is 17.9. The summed E-state index contributed by atoms with van der Waals surface area (Å²) in [5, 5.41) is 13.7. The number of aromatic amines is 1. The van der Waals surface area contributed by atoms with Crippen LogP contribution in [0.2, 0.25) is 0 Å². The molecule has 2 aliphatic rings. The molecule has 37 heavy (non-hydrogen) atoms. The lowest BCUT2D eigenvalue weighted by Gasteiger charge is -2.37. The number of pyridine rings is 1. The van der Waals surface area contributed by atoms with E-state index in [0.717, 1.165) is 37.7 Å². The van der Waals surface area contributed by atoms with Crippen molar-refractivity contribution >= 4 is 10.9 Å². The highest BCUT2D eigenvalue weighted by atomic mass is 16.7. The summed E-state index contributed by atoms with van der Waals surface area (Å²) in [6.07, 6.45) is 3.17. The summed E-state index contributed by atoms with van der Waals surface area (Å²) in [7, 11) is 0. The van der Waals surface area contributed by atoms with E-state index in [1.165, 1.54) is 5.56 Å². The number of nitrogens with zero attached hydrogens (tertiary/aromatic N) is 5. The van der Waals surface area contributed by atoms with Gasteiger partial charge in [-0.2, -0.15) is 0 Å². The van der Waals surface area contributed by atoms with E-state index in [1.807, 2.05) is 22.9 Å². The van der Waals surface area contributed by atoms with Gasteiger partial charge in [0.05, 0.1) is 11.1 Å². The third-order valence-corrected chi connectivity index (χ3v) is 7.42. The molecule has 2 aromatic carbocycles. The van der Waals surface area contributed by atoms with E-state index in [1.54, 1.807) is 0 Å². The van der Waals surface area contributed by atoms with Crippen molar-refractivity contribution in [2.75, 3.05) is 19.9 Å². The van der Waals surface area contributed by atoms with Crippen LogP contribution in [0.4, 0.5) is 0 Å². The average Bonchev–Trinajstić information content (AvgIpc) is 3.54. The molecule has 1 unspecified atom stereocenters. The number of ether oxygens (including phenoxy) is 2. The van der Waals surface area contributed by atoms with Gasteiger partial charge in [-0.25, -0.2) is 4.68 Å². The second kappa shape index (κ2) is 9.30. The maximum atomic E-state index is 13.5. The van der Waals surface area contributed by atoms with Crippen LogP contribution in [-0.2, 0) is 12.0 Å². The van der Waals surface area contributed by atoms with Crippen LogP contribution >= 0.6 is 0 Å². The Morgan fingerprint density at radius 3 is 2.51 bits per heavy atom. The molecule has 9 nitrogen and oxygen atoms in total. The van der Waals surface area contributed by atoms with Crippen molar-refractivity contribution < 1.29 is 9.47 Å². The first-order valence-corrected chi connectivity index (χ1v) is 12.9. The number of hydrogen-bond donors (Lipinski definition) is 1. The van der Waals surface area contributed by atoms with Gasteiger partial charge >= 0.3 is 0 Å². The van der Waals surface area contributed by atoms with Crippen LogP contribution in [0.25, 0.3) is 10.9 Å². The zero-order valence-electron chi connectivity index (χ0n) is 21.5. The fourth-order valence-electron chi connectivity index (χ4n) is 5.52. The second-order valence-electron chi connectivity index (χ2n) is 11.0. The van der Waals surface area contributed by atoms with E-state index < -0.39 is 0 Å². The highest BCUT2D eigenvalue weighted by molar-refractivity contribution is 5.83. The molecule has 4 aromatic rings. The predicted molar refractivity (Wildman–Crippen MR) is 140 cm³/mol. The van der Waals surface area contributed by atoms with Gasteiger partial charge in [0.25, 0.3) is 5.56 Å². The van der Waals surface area contributed by atoms with Crippen LogP contribution in [0, 0.1) is 5.92 Å². The molecule has 1 atom stereocenters. The SMILES string of the molecule is CC(C)(C)n1nnnc1C(c1cc2cc3c(cc2[nH]c1=O)OCO3)N1CCC(Cc2ccccc2)CC1. The average molecular weight is 501 g/mol. The molecule has 192 valence electrons. The summed E-state index contributed by atoms with van der Waals surface area (Å²) in [4.78, 5) is 19.0. The number of hydrogen-bond acceptors (Lipinski definition) is 7. The Morgan fingerprint density at radius 2 is 1.78 bits per heavy atom. The smallest absolute Gasteiger partial charge is 0.253 e. The van der Waals surface area contributed by atoms with Gasteiger partial charge in [0.15, 0.2) is 17.3 Å². The summed E-state index contributed by atoms with van der Waals surface area (Å²) in [6, 6.07) is 16.0. The van der Waals surface area contributed by atoms with Crippen LogP contribution in [0.1, 0.15) is 56.6 Å². The van der Waals surface area contributed by atoms with Crippen molar-refractivity contribution in [1.82, 2.24) is 30.1 Å². The number of H-pyrrole nitrogens is 1. The van der Waals surface area contributed by atoms with Crippen LogP contribution in [0.15, 0.2) is 53.3 Å². The van der Waals surface area contributed by atoms with Crippen molar-refractivity contribution in [3.8, 4) is 11.5 Å². The number of aromatic nitrogens is 5. The van der Waals surface area contributed by atoms with Crippen molar-refractivity contribution in [3.63, 3.8) is 0 Å². The fourth-order valence-corrected chi connectivity index (χ4v) is 5.52. The fraction of sp³-hybridized carbons (Fsp3) is 0.429. The topological polar surface area (TPSA) is 98.2 Å². The molecule has 9 heteroatoms. The minimum atomic E-state index is -0.370. The molecule has 4 heterocycles. The van der Waals surface area contributed by atoms with Gasteiger partial charge < -0.3 is 14.5 Å². The standard InChI is InChI=1S/C28H32N6O3/c1-28(2,3)34-26(30-31-32-34)25(33-11-9-19(10-12-33)13-18-7-5-4-6-8-18)21-14-20-15-23-24(37-17-36-23)16-22(20)29-27(21)35/h4-8,14-16,19,25H,9-13,17H2,1-3H3,(H,29,35). The van der Waals surface area contributed by atoms with E-state index in [4.69, 9.17) is 9.47 Å². The molecule has 0 aliphatic carbocycles. The third kappa shape index (κ3) is 4.59. The Labute approximate surface area is 215 Å². The Hall–Kier alpha value is -3.72. The quantitative estimate of drug-likeness (QED) is 0.442. The number of fused-ring (bicyclic) bond motifs is 2. The van der Waals surface area contributed by atoms with E-state index in [2.05, 4.69) is 76.5 Å². The van der Waals surface area contributed by atoms with Gasteiger partial charge in [-0.1, -0.05) is 30.3 Å². The molecular weight excluding hydrogens is 468 g/mol. The van der Waals surface area contributed by atoms with E-state index in [9.17, 15) is 4.79 Å². The van der Waals surface area contributed by atoms with Gasteiger partial charge in [-0.3, -0.25) is 9.69 Å². The minimum absolute atomic E-state index is 0.147. The first kappa shape index (κ1) is 23.7. The van der Waals surface area contributed by atoms with Gasteiger partial charge in [0, 0.05) is 17.0 Å². The summed E-state index contributed by atoms with van der Waals surface area (Å²) in [5.74, 6) is 2.61. The lowest BCUT2D eigenvalue weighted by atomic mass is 9.88. The molecule has 2 aromatic heterocycles.